The first kappa shape index (κ1) is 20.4. The number of aryl methyl sites for hydroxylation is 1. The van der Waals surface area contributed by atoms with Crippen molar-refractivity contribution in [3.63, 3.8) is 0 Å². The number of amides is 2. The van der Waals surface area contributed by atoms with E-state index in [9.17, 15) is 14.4 Å². The summed E-state index contributed by atoms with van der Waals surface area (Å²) in [5.41, 5.74) is 2.14. The number of para-hydroxylation sites is 2. The van der Waals surface area contributed by atoms with Gasteiger partial charge in [-0.25, -0.2) is 4.79 Å². The lowest BCUT2D eigenvalue weighted by Gasteiger charge is -2.27. The van der Waals surface area contributed by atoms with Gasteiger partial charge in [-0.3, -0.25) is 9.59 Å². The van der Waals surface area contributed by atoms with Gasteiger partial charge in [0.15, 0.2) is 12.7 Å². The minimum absolute atomic E-state index is 0.154. The predicted octanol–water partition coefficient (Wildman–Crippen LogP) is 3.07. The molecular formula is C22H24N2O5. The summed E-state index contributed by atoms with van der Waals surface area (Å²) < 4.78 is 10.8. The molecule has 1 aliphatic rings. The maximum Gasteiger partial charge on any atom is 0.347 e. The zero-order valence-electron chi connectivity index (χ0n) is 16.7. The first-order valence-corrected chi connectivity index (χ1v) is 9.46. The molecule has 0 saturated heterocycles. The van der Waals surface area contributed by atoms with Crippen molar-refractivity contribution in [2.24, 2.45) is 0 Å². The summed E-state index contributed by atoms with van der Waals surface area (Å²) in [6, 6.07) is 14.0. The molecule has 0 unspecified atom stereocenters. The minimum atomic E-state index is -0.860. The second kappa shape index (κ2) is 8.77. The molecule has 0 aliphatic carbocycles. The Morgan fingerprint density at radius 1 is 1.21 bits per heavy atom. The van der Waals surface area contributed by atoms with Gasteiger partial charge in [-0.05, 0) is 50.6 Å². The predicted molar refractivity (Wildman–Crippen MR) is 109 cm³/mol. The molecule has 2 aromatic rings. The van der Waals surface area contributed by atoms with Crippen LogP contribution in [0.4, 0.5) is 11.4 Å². The molecule has 1 heterocycles. The molecule has 7 heteroatoms. The van der Waals surface area contributed by atoms with Crippen molar-refractivity contribution in [1.82, 2.24) is 0 Å². The zero-order valence-corrected chi connectivity index (χ0v) is 16.7. The molecule has 3 rings (SSSR count). The highest BCUT2D eigenvalue weighted by atomic mass is 16.6. The summed E-state index contributed by atoms with van der Waals surface area (Å²) in [5, 5.41) is 2.79. The van der Waals surface area contributed by atoms with E-state index < -0.39 is 24.6 Å². The maximum atomic E-state index is 12.8. The number of fused-ring (bicyclic) bond motifs is 1. The number of anilines is 2. The van der Waals surface area contributed by atoms with Crippen molar-refractivity contribution in [2.45, 2.75) is 39.3 Å². The van der Waals surface area contributed by atoms with E-state index in [4.69, 9.17) is 9.47 Å². The number of benzene rings is 2. The normalized spacial score (nSPS) is 16.9. The lowest BCUT2D eigenvalue weighted by Crippen LogP contribution is -2.42. The van der Waals surface area contributed by atoms with Crippen LogP contribution in [0.5, 0.6) is 5.75 Å². The Labute approximate surface area is 169 Å². The van der Waals surface area contributed by atoms with Crippen LogP contribution in [-0.4, -0.2) is 36.5 Å². The molecule has 2 amide bonds. The Balaban J connectivity index is 1.65. The summed E-state index contributed by atoms with van der Waals surface area (Å²) in [7, 11) is 0. The lowest BCUT2D eigenvalue weighted by atomic mass is 10.1. The van der Waals surface area contributed by atoms with Gasteiger partial charge in [0.2, 0.25) is 5.91 Å². The fourth-order valence-corrected chi connectivity index (χ4v) is 3.23. The summed E-state index contributed by atoms with van der Waals surface area (Å²) in [4.78, 5) is 38.6. The van der Waals surface area contributed by atoms with E-state index in [-0.39, 0.29) is 18.4 Å². The van der Waals surface area contributed by atoms with Crippen molar-refractivity contribution >= 4 is 29.2 Å². The number of ether oxygens (including phenoxy) is 2. The summed E-state index contributed by atoms with van der Waals surface area (Å²) in [5.74, 6) is -0.653. The zero-order chi connectivity index (χ0) is 21.0. The monoisotopic (exact) mass is 396 g/mol. The molecule has 0 aromatic heterocycles. The second-order valence-corrected chi connectivity index (χ2v) is 7.07. The molecule has 1 aliphatic heterocycles. The van der Waals surface area contributed by atoms with E-state index in [1.807, 2.05) is 25.1 Å². The van der Waals surface area contributed by atoms with E-state index in [2.05, 4.69) is 5.32 Å². The van der Waals surface area contributed by atoms with Gasteiger partial charge in [0.25, 0.3) is 5.91 Å². The van der Waals surface area contributed by atoms with Gasteiger partial charge in [-0.1, -0.05) is 24.3 Å². The number of carbonyl (C=O) groups is 3. The van der Waals surface area contributed by atoms with E-state index in [0.29, 0.717) is 17.1 Å². The van der Waals surface area contributed by atoms with Crippen molar-refractivity contribution in [2.75, 3.05) is 16.8 Å². The minimum Gasteiger partial charge on any atom is -0.479 e. The molecule has 0 bridgehead atoms. The van der Waals surface area contributed by atoms with Gasteiger partial charge in [-0.15, -0.1) is 0 Å². The van der Waals surface area contributed by atoms with Gasteiger partial charge in [-0.2, -0.15) is 0 Å². The Morgan fingerprint density at radius 2 is 1.97 bits per heavy atom. The quantitative estimate of drug-likeness (QED) is 0.785. The van der Waals surface area contributed by atoms with E-state index in [1.54, 1.807) is 44.2 Å². The summed E-state index contributed by atoms with van der Waals surface area (Å²) in [6.45, 7) is 4.84. The number of nitrogens with zero attached hydrogens (tertiary/aromatic N) is 1. The number of hydrogen-bond acceptors (Lipinski definition) is 5. The number of carbonyl (C=O) groups excluding carboxylic acids is 3. The van der Waals surface area contributed by atoms with Crippen LogP contribution in [0.2, 0.25) is 0 Å². The first-order valence-electron chi connectivity index (χ1n) is 9.46. The van der Waals surface area contributed by atoms with Gasteiger partial charge >= 0.3 is 5.97 Å². The van der Waals surface area contributed by atoms with Crippen molar-refractivity contribution < 1.29 is 23.9 Å². The van der Waals surface area contributed by atoms with Gasteiger partial charge in [0, 0.05) is 12.5 Å². The molecular weight excluding hydrogens is 372 g/mol. The van der Waals surface area contributed by atoms with Crippen LogP contribution in [0.25, 0.3) is 0 Å². The molecule has 29 heavy (non-hydrogen) atoms. The third-order valence-electron chi connectivity index (χ3n) is 4.60. The number of hydrogen-bond donors (Lipinski definition) is 1. The molecule has 0 fully saturated rings. The fraction of sp³-hybridized carbons (Fsp3) is 0.318. The Morgan fingerprint density at radius 3 is 2.72 bits per heavy atom. The highest BCUT2D eigenvalue weighted by Crippen LogP contribution is 2.31. The maximum absolute atomic E-state index is 12.8. The van der Waals surface area contributed by atoms with Gasteiger partial charge < -0.3 is 19.7 Å². The molecule has 0 saturated carbocycles. The third-order valence-corrected chi connectivity index (χ3v) is 4.60. The standard InChI is InChI=1S/C22H24N2O5/c1-14-7-6-8-17(11-14)29-16(3)22(27)28-13-21(26)24-15(2)12-20(25)23-18-9-4-5-10-19(18)24/h4-11,15-16H,12-13H2,1-3H3,(H,23,25)/t15-,16-/m0/s1. The molecule has 0 spiro atoms. The molecule has 152 valence electrons. The van der Waals surface area contributed by atoms with Crippen LogP contribution in [0.3, 0.4) is 0 Å². The van der Waals surface area contributed by atoms with Crippen LogP contribution in [0, 0.1) is 6.92 Å². The molecule has 2 aromatic carbocycles. The summed E-state index contributed by atoms with van der Waals surface area (Å²) in [6.07, 6.45) is -0.706. The van der Waals surface area contributed by atoms with Crippen LogP contribution in [0.15, 0.2) is 48.5 Å². The van der Waals surface area contributed by atoms with Crippen LogP contribution in [-0.2, 0) is 19.1 Å². The van der Waals surface area contributed by atoms with E-state index in [1.165, 1.54) is 4.90 Å². The number of esters is 1. The first-order chi connectivity index (χ1) is 13.8. The molecule has 0 radical (unpaired) electrons. The van der Waals surface area contributed by atoms with E-state index in [0.717, 1.165) is 5.56 Å². The van der Waals surface area contributed by atoms with Crippen LogP contribution >= 0.6 is 0 Å². The van der Waals surface area contributed by atoms with Crippen LogP contribution < -0.4 is 15.0 Å². The van der Waals surface area contributed by atoms with Crippen LogP contribution in [0.1, 0.15) is 25.8 Å². The molecule has 7 nitrogen and oxygen atoms in total. The highest BCUT2D eigenvalue weighted by Gasteiger charge is 2.30. The van der Waals surface area contributed by atoms with Crippen molar-refractivity contribution in [1.29, 1.82) is 0 Å². The average Bonchev–Trinajstić information content (AvgIpc) is 2.80. The van der Waals surface area contributed by atoms with E-state index >= 15 is 0 Å². The Hall–Kier alpha value is -3.35. The lowest BCUT2D eigenvalue weighted by molar-refractivity contribution is -0.154. The van der Waals surface area contributed by atoms with Crippen molar-refractivity contribution in [3.05, 3.63) is 54.1 Å². The highest BCUT2D eigenvalue weighted by molar-refractivity contribution is 6.05. The number of nitrogens with one attached hydrogen (secondary N) is 1. The largest absolute Gasteiger partial charge is 0.479 e. The second-order valence-electron chi connectivity index (χ2n) is 7.07. The Kier molecular flexibility index (Phi) is 6.16. The average molecular weight is 396 g/mol. The van der Waals surface area contributed by atoms with Gasteiger partial charge in [0.1, 0.15) is 5.75 Å². The number of rotatable bonds is 5. The summed E-state index contributed by atoms with van der Waals surface area (Å²) >= 11 is 0. The van der Waals surface area contributed by atoms with Crippen molar-refractivity contribution in [3.8, 4) is 5.75 Å². The molecule has 2 atom stereocenters. The SMILES string of the molecule is Cc1cccc(O[C@@H](C)C(=O)OCC(=O)N2c3ccccc3NC(=O)C[C@@H]2C)c1. The third kappa shape index (κ3) is 4.93. The topological polar surface area (TPSA) is 84.9 Å². The fourth-order valence-electron chi connectivity index (χ4n) is 3.23. The van der Waals surface area contributed by atoms with Gasteiger partial charge in [0.05, 0.1) is 11.4 Å². The Bertz CT molecular complexity index is 927. The molecule has 1 N–H and O–H groups in total. The smallest absolute Gasteiger partial charge is 0.347 e.